The van der Waals surface area contributed by atoms with Crippen LogP contribution < -0.4 is 10.9 Å². The van der Waals surface area contributed by atoms with E-state index in [1.807, 2.05) is 12.1 Å². The standard InChI is InChI=1S/C21H22ClN3O2S/c1-3-11(2)28-21-24-19-18(20(27)25-21)16(12-7-9-13(22)10-8-12)17-14(23-19)5-4-6-15(17)26/h7-11,16H,3-6H2,1-2H3,(H2,23,24,25,27)/t11-,16-/m0/s1. The van der Waals surface area contributed by atoms with E-state index in [2.05, 4.69) is 24.1 Å². The number of anilines is 1. The summed E-state index contributed by atoms with van der Waals surface area (Å²) in [6.07, 6.45) is 3.08. The number of thioether (sulfide) groups is 1. The highest BCUT2D eigenvalue weighted by atomic mass is 35.5. The number of carbonyl (C=O) groups is 1. The van der Waals surface area contributed by atoms with Gasteiger partial charge in [-0.3, -0.25) is 9.59 Å². The van der Waals surface area contributed by atoms with Crippen molar-refractivity contribution in [1.82, 2.24) is 9.97 Å². The number of halogens is 1. The summed E-state index contributed by atoms with van der Waals surface area (Å²) in [4.78, 5) is 33.5. The smallest absolute Gasteiger partial charge is 0.257 e. The summed E-state index contributed by atoms with van der Waals surface area (Å²) < 4.78 is 0. The Morgan fingerprint density at radius 1 is 1.25 bits per heavy atom. The summed E-state index contributed by atoms with van der Waals surface area (Å²) >= 11 is 7.61. The molecule has 2 heterocycles. The van der Waals surface area contributed by atoms with Gasteiger partial charge in [-0.2, -0.15) is 0 Å². The number of fused-ring (bicyclic) bond motifs is 1. The van der Waals surface area contributed by atoms with Crippen molar-refractivity contribution < 1.29 is 4.79 Å². The summed E-state index contributed by atoms with van der Waals surface area (Å²) in [5.74, 6) is 0.231. The second-order valence-corrected chi connectivity index (χ2v) is 9.11. The SMILES string of the molecule is CC[C@H](C)Sc1nc2c(c(=O)[nH]1)[C@@H](c1ccc(Cl)cc1)C1=C(CCCC1=O)N2. The van der Waals surface area contributed by atoms with Crippen LogP contribution >= 0.6 is 23.4 Å². The summed E-state index contributed by atoms with van der Waals surface area (Å²) in [7, 11) is 0. The molecule has 1 aromatic carbocycles. The van der Waals surface area contributed by atoms with E-state index in [9.17, 15) is 9.59 Å². The van der Waals surface area contributed by atoms with E-state index in [0.717, 1.165) is 30.5 Å². The Bertz CT molecular complexity index is 1010. The van der Waals surface area contributed by atoms with Gasteiger partial charge in [0.05, 0.1) is 5.56 Å². The Hall–Kier alpha value is -2.05. The molecule has 0 saturated carbocycles. The first-order valence-electron chi connectivity index (χ1n) is 9.57. The first-order chi connectivity index (χ1) is 13.5. The van der Waals surface area contributed by atoms with Gasteiger partial charge in [-0.1, -0.05) is 49.3 Å². The minimum absolute atomic E-state index is 0.0943. The maximum atomic E-state index is 13.1. The van der Waals surface area contributed by atoms with Crippen LogP contribution in [0.15, 0.2) is 45.5 Å². The Kier molecular flexibility index (Phi) is 5.34. The average molecular weight is 416 g/mol. The number of nitrogens with one attached hydrogen (secondary N) is 2. The Morgan fingerprint density at radius 3 is 2.71 bits per heavy atom. The summed E-state index contributed by atoms with van der Waals surface area (Å²) in [6.45, 7) is 4.21. The number of hydrogen-bond acceptors (Lipinski definition) is 5. The number of allylic oxidation sites excluding steroid dienone is 2. The van der Waals surface area contributed by atoms with E-state index in [1.165, 1.54) is 0 Å². The van der Waals surface area contributed by atoms with E-state index in [1.54, 1.807) is 23.9 Å². The summed E-state index contributed by atoms with van der Waals surface area (Å²) in [6, 6.07) is 7.35. The fourth-order valence-corrected chi connectivity index (χ4v) is 4.73. The number of benzene rings is 1. The molecule has 5 nitrogen and oxygen atoms in total. The zero-order valence-electron chi connectivity index (χ0n) is 15.8. The molecule has 1 aliphatic carbocycles. The van der Waals surface area contributed by atoms with Gasteiger partial charge in [-0.25, -0.2) is 4.98 Å². The van der Waals surface area contributed by atoms with Gasteiger partial charge in [-0.15, -0.1) is 0 Å². The van der Waals surface area contributed by atoms with Crippen molar-refractivity contribution in [3.8, 4) is 0 Å². The Morgan fingerprint density at radius 2 is 2.00 bits per heavy atom. The molecule has 0 fully saturated rings. The van der Waals surface area contributed by atoms with Crippen LogP contribution in [-0.2, 0) is 4.79 Å². The number of carbonyl (C=O) groups excluding carboxylic acids is 1. The van der Waals surface area contributed by atoms with Crippen molar-refractivity contribution in [2.75, 3.05) is 5.32 Å². The van der Waals surface area contributed by atoms with E-state index in [4.69, 9.17) is 16.6 Å². The van der Waals surface area contributed by atoms with Crippen LogP contribution in [0.2, 0.25) is 5.02 Å². The lowest BCUT2D eigenvalue weighted by Gasteiger charge is -2.32. The van der Waals surface area contributed by atoms with Crippen molar-refractivity contribution in [2.24, 2.45) is 0 Å². The third-order valence-electron chi connectivity index (χ3n) is 5.33. The average Bonchev–Trinajstić information content (AvgIpc) is 2.67. The third kappa shape index (κ3) is 3.51. The molecule has 0 saturated heterocycles. The highest BCUT2D eigenvalue weighted by Gasteiger charge is 2.37. The van der Waals surface area contributed by atoms with E-state index in [0.29, 0.717) is 38.8 Å². The highest BCUT2D eigenvalue weighted by Crippen LogP contribution is 2.43. The fraction of sp³-hybridized carbons (Fsp3) is 0.381. The molecule has 0 amide bonds. The minimum Gasteiger partial charge on any atom is -0.343 e. The zero-order chi connectivity index (χ0) is 19.8. The fourth-order valence-electron chi connectivity index (χ4n) is 3.76. The summed E-state index contributed by atoms with van der Waals surface area (Å²) in [5.41, 5.74) is 2.76. The number of aromatic nitrogens is 2. The number of Topliss-reactive ketones (excluding diaryl/α,β-unsaturated/α-hetero) is 1. The third-order valence-corrected chi connectivity index (χ3v) is 6.73. The molecule has 1 aliphatic heterocycles. The lowest BCUT2D eigenvalue weighted by Crippen LogP contribution is -2.32. The van der Waals surface area contributed by atoms with Crippen LogP contribution in [0.3, 0.4) is 0 Å². The first-order valence-corrected chi connectivity index (χ1v) is 10.8. The molecule has 0 bridgehead atoms. The van der Waals surface area contributed by atoms with Crippen molar-refractivity contribution in [1.29, 1.82) is 0 Å². The van der Waals surface area contributed by atoms with Crippen LogP contribution in [0.25, 0.3) is 0 Å². The molecular formula is C21H22ClN3O2S. The predicted molar refractivity (Wildman–Crippen MR) is 113 cm³/mol. The number of H-pyrrole nitrogens is 1. The van der Waals surface area contributed by atoms with Crippen LogP contribution in [0, 0.1) is 0 Å². The topological polar surface area (TPSA) is 74.8 Å². The minimum atomic E-state index is -0.421. The molecule has 2 atom stereocenters. The molecule has 0 spiro atoms. The zero-order valence-corrected chi connectivity index (χ0v) is 17.4. The van der Waals surface area contributed by atoms with E-state index in [-0.39, 0.29) is 11.3 Å². The molecule has 2 aliphatic rings. The van der Waals surface area contributed by atoms with Crippen LogP contribution in [0.1, 0.15) is 56.6 Å². The van der Waals surface area contributed by atoms with Gasteiger partial charge in [0, 0.05) is 33.9 Å². The van der Waals surface area contributed by atoms with Gasteiger partial charge in [0.15, 0.2) is 10.9 Å². The van der Waals surface area contributed by atoms with E-state index >= 15 is 0 Å². The lowest BCUT2D eigenvalue weighted by molar-refractivity contribution is -0.116. The lowest BCUT2D eigenvalue weighted by atomic mass is 9.76. The second kappa shape index (κ2) is 7.76. The number of hydrogen-bond donors (Lipinski definition) is 2. The van der Waals surface area contributed by atoms with Gasteiger partial charge in [0.1, 0.15) is 5.82 Å². The van der Waals surface area contributed by atoms with Crippen LogP contribution in [0.5, 0.6) is 0 Å². The van der Waals surface area contributed by atoms with Gasteiger partial charge < -0.3 is 10.3 Å². The molecule has 146 valence electrons. The van der Waals surface area contributed by atoms with Gasteiger partial charge in [0.2, 0.25) is 0 Å². The molecule has 0 unspecified atom stereocenters. The number of nitrogens with zero attached hydrogens (tertiary/aromatic N) is 1. The predicted octanol–water partition coefficient (Wildman–Crippen LogP) is 4.88. The Labute approximate surface area is 173 Å². The van der Waals surface area contributed by atoms with Crippen LogP contribution in [0.4, 0.5) is 5.82 Å². The van der Waals surface area contributed by atoms with Crippen LogP contribution in [-0.4, -0.2) is 21.0 Å². The number of rotatable bonds is 4. The largest absolute Gasteiger partial charge is 0.343 e. The normalized spacial score (nSPS) is 19.7. The van der Waals surface area contributed by atoms with E-state index < -0.39 is 5.92 Å². The molecule has 28 heavy (non-hydrogen) atoms. The van der Waals surface area contributed by atoms with Gasteiger partial charge >= 0.3 is 0 Å². The second-order valence-electron chi connectivity index (χ2n) is 7.25. The van der Waals surface area contributed by atoms with Crippen molar-refractivity contribution in [2.45, 2.75) is 55.9 Å². The van der Waals surface area contributed by atoms with Crippen molar-refractivity contribution in [3.63, 3.8) is 0 Å². The maximum Gasteiger partial charge on any atom is 0.257 e. The molecular weight excluding hydrogens is 394 g/mol. The van der Waals surface area contributed by atoms with Crippen molar-refractivity contribution >= 4 is 35.0 Å². The molecule has 7 heteroatoms. The highest BCUT2D eigenvalue weighted by molar-refractivity contribution is 7.99. The van der Waals surface area contributed by atoms with Crippen molar-refractivity contribution in [3.05, 3.63) is 62.0 Å². The van der Waals surface area contributed by atoms with Gasteiger partial charge in [-0.05, 0) is 37.0 Å². The Balaban J connectivity index is 1.88. The molecule has 4 rings (SSSR count). The molecule has 2 aromatic rings. The quantitative estimate of drug-likeness (QED) is 0.550. The number of ketones is 1. The molecule has 1 aromatic heterocycles. The molecule has 0 radical (unpaired) electrons. The maximum absolute atomic E-state index is 13.1. The molecule has 2 N–H and O–H groups in total. The van der Waals surface area contributed by atoms with Gasteiger partial charge in [0.25, 0.3) is 5.56 Å². The number of aromatic amines is 1. The summed E-state index contributed by atoms with van der Waals surface area (Å²) in [5, 5.41) is 4.87. The first kappa shape index (κ1) is 19.3. The monoisotopic (exact) mass is 415 g/mol.